The van der Waals surface area contributed by atoms with E-state index in [1.165, 1.54) is 0 Å². The SMILES string of the molecule is O=C(NCCc1nc(Br)n[nH]1)OCc1ccccc1. The maximum atomic E-state index is 11.4. The number of rotatable bonds is 5. The molecular formula is C12H13BrN4O2. The molecule has 1 heterocycles. The van der Waals surface area contributed by atoms with Crippen LogP contribution in [0.2, 0.25) is 0 Å². The van der Waals surface area contributed by atoms with E-state index in [4.69, 9.17) is 4.74 Å². The number of alkyl carbamates (subject to hydrolysis) is 1. The number of carbonyl (C=O) groups is 1. The van der Waals surface area contributed by atoms with Gasteiger partial charge < -0.3 is 10.1 Å². The van der Waals surface area contributed by atoms with Gasteiger partial charge in [-0.1, -0.05) is 30.3 Å². The second kappa shape index (κ2) is 6.89. The van der Waals surface area contributed by atoms with E-state index >= 15 is 0 Å². The smallest absolute Gasteiger partial charge is 0.407 e. The van der Waals surface area contributed by atoms with Gasteiger partial charge in [0.05, 0.1) is 0 Å². The molecule has 0 fully saturated rings. The molecule has 0 aliphatic rings. The second-order valence-corrected chi connectivity index (χ2v) is 4.50. The Morgan fingerprint density at radius 2 is 2.16 bits per heavy atom. The highest BCUT2D eigenvalue weighted by Gasteiger charge is 2.04. The van der Waals surface area contributed by atoms with Crippen LogP contribution in [-0.4, -0.2) is 27.8 Å². The molecule has 100 valence electrons. The van der Waals surface area contributed by atoms with E-state index < -0.39 is 6.09 Å². The van der Waals surface area contributed by atoms with E-state index in [2.05, 4.69) is 36.4 Å². The number of hydrogen-bond donors (Lipinski definition) is 2. The van der Waals surface area contributed by atoms with Crippen LogP contribution in [0.3, 0.4) is 0 Å². The lowest BCUT2D eigenvalue weighted by Crippen LogP contribution is -2.26. The minimum atomic E-state index is -0.442. The van der Waals surface area contributed by atoms with Crippen molar-refractivity contribution in [1.29, 1.82) is 0 Å². The molecule has 0 atom stereocenters. The predicted octanol–water partition coefficient (Wildman–Crippen LogP) is 2.04. The van der Waals surface area contributed by atoms with Crippen molar-refractivity contribution in [3.05, 3.63) is 46.5 Å². The number of carbonyl (C=O) groups excluding carboxylic acids is 1. The molecule has 2 N–H and O–H groups in total. The first-order valence-corrected chi connectivity index (χ1v) is 6.54. The molecule has 1 aromatic carbocycles. The quantitative estimate of drug-likeness (QED) is 0.882. The van der Waals surface area contributed by atoms with Crippen LogP contribution in [0.15, 0.2) is 35.1 Å². The Kier molecular flexibility index (Phi) is 4.91. The fraction of sp³-hybridized carbons (Fsp3) is 0.250. The van der Waals surface area contributed by atoms with Gasteiger partial charge in [0.1, 0.15) is 12.4 Å². The Balaban J connectivity index is 1.65. The monoisotopic (exact) mass is 324 g/mol. The molecule has 0 saturated carbocycles. The zero-order valence-electron chi connectivity index (χ0n) is 10.1. The van der Waals surface area contributed by atoms with Gasteiger partial charge in [0.2, 0.25) is 4.73 Å². The van der Waals surface area contributed by atoms with Gasteiger partial charge in [-0.2, -0.15) is 0 Å². The number of benzene rings is 1. The van der Waals surface area contributed by atoms with Gasteiger partial charge in [-0.25, -0.2) is 9.78 Å². The molecule has 0 aliphatic heterocycles. The average Bonchev–Trinajstić information content (AvgIpc) is 2.83. The van der Waals surface area contributed by atoms with Crippen molar-refractivity contribution in [2.75, 3.05) is 6.54 Å². The molecule has 19 heavy (non-hydrogen) atoms. The first kappa shape index (κ1) is 13.5. The minimum absolute atomic E-state index is 0.264. The first-order chi connectivity index (χ1) is 9.24. The molecule has 0 unspecified atom stereocenters. The summed E-state index contributed by atoms with van der Waals surface area (Å²) in [5.74, 6) is 0.704. The Bertz CT molecular complexity index is 530. The number of H-pyrrole nitrogens is 1. The van der Waals surface area contributed by atoms with E-state index in [9.17, 15) is 4.79 Å². The van der Waals surface area contributed by atoms with Crippen molar-refractivity contribution in [2.45, 2.75) is 13.0 Å². The van der Waals surface area contributed by atoms with Gasteiger partial charge >= 0.3 is 6.09 Å². The number of amides is 1. The second-order valence-electron chi connectivity index (χ2n) is 3.79. The lowest BCUT2D eigenvalue weighted by atomic mass is 10.2. The highest BCUT2D eigenvalue weighted by molar-refractivity contribution is 9.10. The van der Waals surface area contributed by atoms with Crippen molar-refractivity contribution in [2.24, 2.45) is 0 Å². The number of ether oxygens (including phenoxy) is 1. The largest absolute Gasteiger partial charge is 0.445 e. The van der Waals surface area contributed by atoms with Gasteiger partial charge in [-0.05, 0) is 21.5 Å². The molecule has 1 aromatic heterocycles. The zero-order valence-corrected chi connectivity index (χ0v) is 11.7. The maximum absolute atomic E-state index is 11.4. The van der Waals surface area contributed by atoms with E-state index in [-0.39, 0.29) is 6.61 Å². The summed E-state index contributed by atoms with van der Waals surface area (Å²) < 4.78 is 5.57. The summed E-state index contributed by atoms with van der Waals surface area (Å²) in [7, 11) is 0. The van der Waals surface area contributed by atoms with E-state index in [1.54, 1.807) is 0 Å². The molecule has 0 aliphatic carbocycles. The average molecular weight is 325 g/mol. The van der Waals surface area contributed by atoms with Gasteiger partial charge in [0.15, 0.2) is 0 Å². The normalized spacial score (nSPS) is 10.2. The van der Waals surface area contributed by atoms with Gasteiger partial charge in [-0.15, -0.1) is 5.10 Å². The third kappa shape index (κ3) is 4.70. The Hall–Kier alpha value is -1.89. The summed E-state index contributed by atoms with van der Waals surface area (Å²) >= 11 is 3.14. The van der Waals surface area contributed by atoms with E-state index in [0.29, 0.717) is 23.5 Å². The highest BCUT2D eigenvalue weighted by atomic mass is 79.9. The predicted molar refractivity (Wildman–Crippen MR) is 72.4 cm³/mol. The fourth-order valence-electron chi connectivity index (χ4n) is 1.44. The summed E-state index contributed by atoms with van der Waals surface area (Å²) in [4.78, 5) is 15.5. The summed E-state index contributed by atoms with van der Waals surface area (Å²) in [6.07, 6.45) is 0.126. The van der Waals surface area contributed by atoms with Crippen LogP contribution in [0.25, 0.3) is 0 Å². The number of hydrogen-bond acceptors (Lipinski definition) is 4. The van der Waals surface area contributed by atoms with Gasteiger partial charge in [-0.3, -0.25) is 5.10 Å². The van der Waals surface area contributed by atoms with Gasteiger partial charge in [0, 0.05) is 13.0 Å². The summed E-state index contributed by atoms with van der Waals surface area (Å²) in [6, 6.07) is 9.52. The van der Waals surface area contributed by atoms with Crippen LogP contribution >= 0.6 is 15.9 Å². The third-order valence-electron chi connectivity index (χ3n) is 2.35. The first-order valence-electron chi connectivity index (χ1n) is 5.75. The van der Waals surface area contributed by atoms with E-state index in [1.807, 2.05) is 30.3 Å². The summed E-state index contributed by atoms with van der Waals surface area (Å²) in [6.45, 7) is 0.704. The number of aromatic amines is 1. The van der Waals surface area contributed by atoms with Crippen molar-refractivity contribution < 1.29 is 9.53 Å². The molecule has 2 rings (SSSR count). The molecule has 0 radical (unpaired) electrons. The van der Waals surface area contributed by atoms with Crippen LogP contribution in [0.4, 0.5) is 4.79 Å². The van der Waals surface area contributed by atoms with Crippen molar-refractivity contribution in [3.63, 3.8) is 0 Å². The van der Waals surface area contributed by atoms with Crippen LogP contribution < -0.4 is 5.32 Å². The molecule has 0 saturated heterocycles. The lowest BCUT2D eigenvalue weighted by Gasteiger charge is -2.06. The Morgan fingerprint density at radius 1 is 1.37 bits per heavy atom. The zero-order chi connectivity index (χ0) is 13.5. The van der Waals surface area contributed by atoms with E-state index in [0.717, 1.165) is 5.56 Å². The van der Waals surface area contributed by atoms with Crippen LogP contribution in [0, 0.1) is 0 Å². The number of nitrogens with zero attached hydrogens (tertiary/aromatic N) is 2. The maximum Gasteiger partial charge on any atom is 0.407 e. The molecule has 7 heteroatoms. The molecule has 0 bridgehead atoms. The molecule has 2 aromatic rings. The fourth-order valence-corrected chi connectivity index (χ4v) is 1.74. The number of halogens is 1. The molecule has 6 nitrogen and oxygen atoms in total. The van der Waals surface area contributed by atoms with Crippen molar-refractivity contribution >= 4 is 22.0 Å². The standard InChI is InChI=1S/C12H13BrN4O2/c13-11-15-10(16-17-11)6-7-14-12(18)19-8-9-4-2-1-3-5-9/h1-5H,6-8H2,(H,14,18)(H,15,16,17). The van der Waals surface area contributed by atoms with Crippen LogP contribution in [-0.2, 0) is 17.8 Å². The topological polar surface area (TPSA) is 79.9 Å². The van der Waals surface area contributed by atoms with Crippen molar-refractivity contribution in [1.82, 2.24) is 20.5 Å². The number of aromatic nitrogens is 3. The Labute approximate surface area is 118 Å². The van der Waals surface area contributed by atoms with Crippen molar-refractivity contribution in [3.8, 4) is 0 Å². The molecular weight excluding hydrogens is 312 g/mol. The van der Waals surface area contributed by atoms with Crippen LogP contribution in [0.1, 0.15) is 11.4 Å². The highest BCUT2D eigenvalue weighted by Crippen LogP contribution is 2.01. The lowest BCUT2D eigenvalue weighted by molar-refractivity contribution is 0.140. The van der Waals surface area contributed by atoms with Crippen LogP contribution in [0.5, 0.6) is 0 Å². The summed E-state index contributed by atoms with van der Waals surface area (Å²) in [5.41, 5.74) is 0.955. The summed E-state index contributed by atoms with van der Waals surface area (Å²) in [5, 5.41) is 9.21. The minimum Gasteiger partial charge on any atom is -0.445 e. The Morgan fingerprint density at radius 3 is 2.84 bits per heavy atom. The molecule has 1 amide bonds. The van der Waals surface area contributed by atoms with Gasteiger partial charge in [0.25, 0.3) is 0 Å². The molecule has 0 spiro atoms. The third-order valence-corrected chi connectivity index (χ3v) is 2.70. The number of nitrogens with one attached hydrogen (secondary N) is 2.